The van der Waals surface area contributed by atoms with Gasteiger partial charge in [-0.1, -0.05) is 0 Å². The molecule has 0 atom stereocenters. The quantitative estimate of drug-likeness (QED) is 0.788. The highest BCUT2D eigenvalue weighted by Crippen LogP contribution is 2.32. The van der Waals surface area contributed by atoms with Gasteiger partial charge in [-0.25, -0.2) is 8.78 Å². The van der Waals surface area contributed by atoms with Gasteiger partial charge < -0.3 is 4.90 Å². The van der Waals surface area contributed by atoms with Crippen LogP contribution >= 0.6 is 0 Å². The number of carbonyl (C=O) groups is 2. The van der Waals surface area contributed by atoms with Crippen LogP contribution in [0.4, 0.5) is 14.5 Å². The number of fused-ring (bicyclic) bond motifs is 1. The lowest BCUT2D eigenvalue weighted by molar-refractivity contribution is -0.114. The van der Waals surface area contributed by atoms with E-state index in [4.69, 9.17) is 0 Å². The lowest BCUT2D eigenvalue weighted by Crippen LogP contribution is -2.29. The molecule has 3 rings (SSSR count). The van der Waals surface area contributed by atoms with Gasteiger partial charge in [0.2, 0.25) is 0 Å². The SMILES string of the molecule is O=C1C(=O)N(Cc2ccncc2)c2cc(F)c(F)cc21. The molecule has 0 unspecified atom stereocenters. The fourth-order valence-corrected chi connectivity index (χ4v) is 2.12. The second kappa shape index (κ2) is 4.48. The Hall–Kier alpha value is -2.63. The predicted molar refractivity (Wildman–Crippen MR) is 66.1 cm³/mol. The number of amides is 1. The molecule has 4 nitrogen and oxygen atoms in total. The van der Waals surface area contributed by atoms with Crippen molar-refractivity contribution < 1.29 is 18.4 Å². The molecule has 1 aromatic heterocycles. The van der Waals surface area contributed by atoms with Gasteiger partial charge in [0.1, 0.15) is 0 Å². The zero-order valence-corrected chi connectivity index (χ0v) is 10.1. The zero-order valence-electron chi connectivity index (χ0n) is 10.1. The van der Waals surface area contributed by atoms with E-state index in [1.165, 1.54) is 0 Å². The van der Waals surface area contributed by atoms with Gasteiger partial charge in [0.05, 0.1) is 17.8 Å². The summed E-state index contributed by atoms with van der Waals surface area (Å²) in [5.41, 5.74) is 0.720. The summed E-state index contributed by atoms with van der Waals surface area (Å²) >= 11 is 0. The fraction of sp³-hybridized carbons (Fsp3) is 0.0714. The number of halogens is 2. The Balaban J connectivity index is 2.04. The number of nitrogens with zero attached hydrogens (tertiary/aromatic N) is 2. The number of benzene rings is 1. The largest absolute Gasteiger partial charge is 0.300 e. The maximum absolute atomic E-state index is 13.3. The molecule has 0 spiro atoms. The first-order chi connectivity index (χ1) is 9.58. The van der Waals surface area contributed by atoms with Crippen LogP contribution in [0.1, 0.15) is 15.9 Å². The molecule has 1 aliphatic rings. The summed E-state index contributed by atoms with van der Waals surface area (Å²) in [6, 6.07) is 4.98. The molecule has 1 amide bonds. The van der Waals surface area contributed by atoms with E-state index < -0.39 is 23.3 Å². The van der Waals surface area contributed by atoms with Crippen LogP contribution in [-0.2, 0) is 11.3 Å². The first kappa shape index (κ1) is 12.4. The van der Waals surface area contributed by atoms with E-state index in [1.54, 1.807) is 24.5 Å². The van der Waals surface area contributed by atoms with E-state index in [2.05, 4.69) is 4.98 Å². The van der Waals surface area contributed by atoms with Crippen molar-refractivity contribution in [2.45, 2.75) is 6.54 Å². The van der Waals surface area contributed by atoms with Crippen molar-refractivity contribution in [3.63, 3.8) is 0 Å². The van der Waals surface area contributed by atoms with Crippen LogP contribution in [-0.4, -0.2) is 16.7 Å². The Labute approximate surface area is 112 Å². The lowest BCUT2D eigenvalue weighted by Gasteiger charge is -2.16. The van der Waals surface area contributed by atoms with Gasteiger partial charge in [-0.3, -0.25) is 14.6 Å². The Kier molecular flexibility index (Phi) is 2.78. The number of anilines is 1. The third-order valence-corrected chi connectivity index (χ3v) is 3.10. The predicted octanol–water partition coefficient (Wildman–Crippen LogP) is 2.09. The van der Waals surface area contributed by atoms with Gasteiger partial charge in [0.25, 0.3) is 11.7 Å². The summed E-state index contributed by atoms with van der Waals surface area (Å²) in [6.07, 6.45) is 3.09. The highest BCUT2D eigenvalue weighted by atomic mass is 19.2. The minimum atomic E-state index is -1.14. The molecule has 1 aromatic carbocycles. The molecule has 0 aliphatic carbocycles. The molecule has 0 N–H and O–H groups in total. The molecular formula is C14H8F2N2O2. The molecule has 0 fully saturated rings. The number of aromatic nitrogens is 1. The van der Waals surface area contributed by atoms with Crippen molar-refractivity contribution >= 4 is 17.4 Å². The number of pyridine rings is 1. The summed E-state index contributed by atoms with van der Waals surface area (Å²) in [7, 11) is 0. The Morgan fingerprint density at radius 2 is 1.70 bits per heavy atom. The van der Waals surface area contributed by atoms with Gasteiger partial charge in [-0.05, 0) is 23.8 Å². The van der Waals surface area contributed by atoms with E-state index in [1.807, 2.05) is 0 Å². The summed E-state index contributed by atoms with van der Waals surface area (Å²) < 4.78 is 26.5. The molecule has 20 heavy (non-hydrogen) atoms. The van der Waals surface area contributed by atoms with Crippen molar-refractivity contribution in [1.29, 1.82) is 0 Å². The van der Waals surface area contributed by atoms with E-state index >= 15 is 0 Å². The average Bonchev–Trinajstić information content (AvgIpc) is 2.66. The average molecular weight is 274 g/mol. The highest BCUT2D eigenvalue weighted by molar-refractivity contribution is 6.52. The molecule has 2 heterocycles. The van der Waals surface area contributed by atoms with Crippen molar-refractivity contribution in [1.82, 2.24) is 4.98 Å². The summed E-state index contributed by atoms with van der Waals surface area (Å²) in [5, 5.41) is 0. The standard InChI is InChI=1S/C14H8F2N2O2/c15-10-5-9-12(6-11(10)16)18(14(20)13(9)19)7-8-1-3-17-4-2-8/h1-6H,7H2. The molecule has 100 valence electrons. The molecule has 2 aromatic rings. The molecule has 0 saturated heterocycles. The van der Waals surface area contributed by atoms with Crippen molar-refractivity contribution in [2.24, 2.45) is 0 Å². The minimum Gasteiger partial charge on any atom is -0.300 e. The summed E-state index contributed by atoms with van der Waals surface area (Å²) in [6.45, 7) is 0.102. The van der Waals surface area contributed by atoms with E-state index in [9.17, 15) is 18.4 Å². The third-order valence-electron chi connectivity index (χ3n) is 3.10. The molecule has 0 bridgehead atoms. The van der Waals surface area contributed by atoms with Crippen LogP contribution in [0, 0.1) is 11.6 Å². The third kappa shape index (κ3) is 1.85. The van der Waals surface area contributed by atoms with Gasteiger partial charge in [0.15, 0.2) is 11.6 Å². The van der Waals surface area contributed by atoms with Crippen LogP contribution in [0.25, 0.3) is 0 Å². The second-order valence-electron chi connectivity index (χ2n) is 4.36. The monoisotopic (exact) mass is 274 g/mol. The van der Waals surface area contributed by atoms with Gasteiger partial charge >= 0.3 is 0 Å². The molecule has 6 heteroatoms. The van der Waals surface area contributed by atoms with Crippen molar-refractivity contribution in [3.8, 4) is 0 Å². The maximum Gasteiger partial charge on any atom is 0.299 e. The number of hydrogen-bond donors (Lipinski definition) is 0. The topological polar surface area (TPSA) is 50.3 Å². The second-order valence-corrected chi connectivity index (χ2v) is 4.36. The first-order valence-electron chi connectivity index (χ1n) is 5.82. The van der Waals surface area contributed by atoms with E-state index in [0.717, 1.165) is 22.6 Å². The lowest BCUT2D eigenvalue weighted by atomic mass is 10.1. The number of carbonyl (C=O) groups excluding carboxylic acids is 2. The van der Waals surface area contributed by atoms with E-state index in [-0.39, 0.29) is 17.8 Å². The Morgan fingerprint density at radius 3 is 2.40 bits per heavy atom. The van der Waals surface area contributed by atoms with Crippen LogP contribution < -0.4 is 4.90 Å². The molecular weight excluding hydrogens is 266 g/mol. The number of Topliss-reactive ketones (excluding diaryl/α,β-unsaturated/α-hetero) is 1. The summed E-state index contributed by atoms with van der Waals surface area (Å²) in [4.78, 5) is 28.7. The van der Waals surface area contributed by atoms with Gasteiger partial charge in [-0.15, -0.1) is 0 Å². The molecule has 1 aliphatic heterocycles. The highest BCUT2D eigenvalue weighted by Gasteiger charge is 2.36. The minimum absolute atomic E-state index is 0.0933. The smallest absolute Gasteiger partial charge is 0.299 e. The Morgan fingerprint density at radius 1 is 1.05 bits per heavy atom. The van der Waals surface area contributed by atoms with Crippen molar-refractivity contribution in [2.75, 3.05) is 4.90 Å². The van der Waals surface area contributed by atoms with Crippen LogP contribution in [0.15, 0.2) is 36.7 Å². The van der Waals surface area contributed by atoms with Crippen LogP contribution in [0.2, 0.25) is 0 Å². The maximum atomic E-state index is 13.3. The zero-order chi connectivity index (χ0) is 14.3. The van der Waals surface area contributed by atoms with Gasteiger partial charge in [-0.2, -0.15) is 0 Å². The fourth-order valence-electron chi connectivity index (χ4n) is 2.12. The van der Waals surface area contributed by atoms with Crippen LogP contribution in [0.5, 0.6) is 0 Å². The Bertz CT molecular complexity index is 717. The normalized spacial score (nSPS) is 13.8. The summed E-state index contributed by atoms with van der Waals surface area (Å²) in [5.74, 6) is -3.85. The van der Waals surface area contributed by atoms with Gasteiger partial charge in [0, 0.05) is 18.5 Å². The molecule has 0 radical (unpaired) electrons. The number of hydrogen-bond acceptors (Lipinski definition) is 3. The van der Waals surface area contributed by atoms with E-state index in [0.29, 0.717) is 0 Å². The van der Waals surface area contributed by atoms with Crippen molar-refractivity contribution in [3.05, 3.63) is 59.4 Å². The molecule has 0 saturated carbocycles. The first-order valence-corrected chi connectivity index (χ1v) is 5.82. The number of rotatable bonds is 2. The van der Waals surface area contributed by atoms with Crippen LogP contribution in [0.3, 0.4) is 0 Å². The number of ketones is 1.